The van der Waals surface area contributed by atoms with Crippen LogP contribution in [0.2, 0.25) is 0 Å². The molecule has 13 heteroatoms. The summed E-state index contributed by atoms with van der Waals surface area (Å²) in [5.41, 5.74) is 1.66. The van der Waals surface area contributed by atoms with Gasteiger partial charge in [-0.2, -0.15) is 0 Å². The molecular weight excluding hydrogens is 577 g/mol. The molecule has 4 aromatic carbocycles. The van der Waals surface area contributed by atoms with E-state index in [1.54, 1.807) is 60.7 Å². The van der Waals surface area contributed by atoms with Crippen LogP contribution >= 0.6 is 0 Å². The average molecular weight is 604 g/mol. The maximum atomic E-state index is 14.5. The molecule has 1 amide bonds. The molecule has 0 aliphatic heterocycles. The monoisotopic (exact) mass is 603 g/mol. The number of aromatic nitrogens is 2. The summed E-state index contributed by atoms with van der Waals surface area (Å²) in [7, 11) is 4.37. The molecule has 0 aliphatic carbocycles. The summed E-state index contributed by atoms with van der Waals surface area (Å²) in [6.45, 7) is 0. The number of rotatable bonds is 10. The zero-order valence-electron chi connectivity index (χ0n) is 23.2. The van der Waals surface area contributed by atoms with E-state index in [9.17, 15) is 17.9 Å². The second kappa shape index (κ2) is 12.7. The Morgan fingerprint density at radius 2 is 1.51 bits per heavy atom. The fraction of sp³-hybridized carbons (Fsp3) is 0.100. The van der Waals surface area contributed by atoms with Gasteiger partial charge in [0.05, 0.1) is 38.1 Å². The number of carbonyl (C=O) groups excluding carboxylic acids is 1. The lowest BCUT2D eigenvalue weighted by Gasteiger charge is -2.23. The fourth-order valence-corrected chi connectivity index (χ4v) is 4.89. The first-order chi connectivity index (χ1) is 20.8. The van der Waals surface area contributed by atoms with Gasteiger partial charge in [-0.1, -0.05) is 24.3 Å². The molecule has 1 unspecified atom stereocenters. The number of halogens is 1. The number of nitrogens with zero attached hydrogens (tertiary/aromatic N) is 3. The van der Waals surface area contributed by atoms with E-state index in [2.05, 4.69) is 20.6 Å². The third kappa shape index (κ3) is 6.32. The van der Waals surface area contributed by atoms with Gasteiger partial charge in [-0.3, -0.25) is 9.35 Å². The second-order valence-corrected chi connectivity index (χ2v) is 9.78. The summed E-state index contributed by atoms with van der Waals surface area (Å²) in [6, 6.07) is 22.3. The number of anilines is 5. The van der Waals surface area contributed by atoms with Crippen molar-refractivity contribution in [2.45, 2.75) is 0 Å². The van der Waals surface area contributed by atoms with Gasteiger partial charge in [0.1, 0.15) is 28.6 Å². The molecule has 0 fully saturated rings. The van der Waals surface area contributed by atoms with Crippen LogP contribution in [0.3, 0.4) is 0 Å². The molecule has 0 bridgehead atoms. The standard InChI is InChI=1S/C30H26FN5O6S/c1-40-21-15-19(16-22(17-21)41-2)32-28-29(35-25-12-5-4-11-24(25)34-28)36(43(38)39)20-9-6-8-18(14-20)33-30(37)27-23(31)10-7-13-26(27)42-3/h4-17H,1-3H3,(H,32,34)(H,33,37)(H,38,39). The Labute approximate surface area is 248 Å². The first kappa shape index (κ1) is 29.2. The number of hydrogen-bond acceptors (Lipinski definition) is 8. The summed E-state index contributed by atoms with van der Waals surface area (Å²) in [5, 5.41) is 5.78. The smallest absolute Gasteiger partial charge is 0.268 e. The predicted molar refractivity (Wildman–Crippen MR) is 163 cm³/mol. The summed E-state index contributed by atoms with van der Waals surface area (Å²) >= 11 is -2.65. The molecule has 1 atom stereocenters. The Balaban J connectivity index is 1.57. The molecule has 43 heavy (non-hydrogen) atoms. The molecule has 0 aliphatic rings. The molecular formula is C30H26FN5O6S. The van der Waals surface area contributed by atoms with E-state index in [0.717, 1.165) is 10.4 Å². The van der Waals surface area contributed by atoms with E-state index in [0.29, 0.717) is 28.2 Å². The normalized spacial score (nSPS) is 11.5. The topological polar surface area (TPSA) is 135 Å². The number of carbonyl (C=O) groups is 1. The Morgan fingerprint density at radius 3 is 2.16 bits per heavy atom. The Kier molecular flexibility index (Phi) is 8.64. The van der Waals surface area contributed by atoms with E-state index in [-0.39, 0.29) is 34.3 Å². The van der Waals surface area contributed by atoms with Crippen molar-refractivity contribution in [1.82, 2.24) is 9.97 Å². The molecule has 5 aromatic rings. The summed E-state index contributed by atoms with van der Waals surface area (Å²) < 4.78 is 54.8. The Morgan fingerprint density at radius 1 is 0.837 bits per heavy atom. The SMILES string of the molecule is COc1cc(Nc2nc3ccccc3nc2N(c2cccc(NC(=O)c3c(F)cccc3OC)c2)S(=O)O)cc(OC)c1. The van der Waals surface area contributed by atoms with Gasteiger partial charge in [0.15, 0.2) is 11.6 Å². The van der Waals surface area contributed by atoms with Crippen molar-refractivity contribution in [3.05, 3.63) is 96.3 Å². The zero-order valence-corrected chi connectivity index (χ0v) is 24.0. The number of methoxy groups -OCH3 is 3. The van der Waals surface area contributed by atoms with Gasteiger partial charge in [-0.25, -0.2) is 22.9 Å². The summed E-state index contributed by atoms with van der Waals surface area (Å²) in [4.78, 5) is 22.3. The molecule has 1 heterocycles. The minimum absolute atomic E-state index is 0.0144. The third-order valence-corrected chi connectivity index (χ3v) is 6.97. The molecule has 0 saturated heterocycles. The van der Waals surface area contributed by atoms with Crippen LogP contribution in [0.4, 0.5) is 33.1 Å². The van der Waals surface area contributed by atoms with Crippen molar-refractivity contribution in [3.8, 4) is 17.2 Å². The number of benzene rings is 4. The number of ether oxygens (including phenoxy) is 3. The maximum Gasteiger partial charge on any atom is 0.268 e. The van der Waals surface area contributed by atoms with Crippen LogP contribution in [-0.4, -0.2) is 46.0 Å². The number of fused-ring (bicyclic) bond motifs is 1. The van der Waals surface area contributed by atoms with Gasteiger partial charge in [-0.05, 0) is 42.5 Å². The third-order valence-electron chi connectivity index (χ3n) is 6.28. The van der Waals surface area contributed by atoms with E-state index in [1.807, 2.05) is 0 Å². The number of amides is 1. The van der Waals surface area contributed by atoms with Gasteiger partial charge in [0.2, 0.25) is 0 Å². The highest BCUT2D eigenvalue weighted by Crippen LogP contribution is 2.36. The Hall–Kier alpha value is -5.27. The maximum absolute atomic E-state index is 14.5. The van der Waals surface area contributed by atoms with Crippen LogP contribution in [-0.2, 0) is 11.3 Å². The highest BCUT2D eigenvalue weighted by Gasteiger charge is 2.24. The van der Waals surface area contributed by atoms with Crippen LogP contribution in [0.1, 0.15) is 10.4 Å². The van der Waals surface area contributed by atoms with Crippen LogP contribution in [0, 0.1) is 5.82 Å². The van der Waals surface area contributed by atoms with Crippen LogP contribution in [0.25, 0.3) is 11.0 Å². The quantitative estimate of drug-likeness (QED) is 0.163. The van der Waals surface area contributed by atoms with Crippen molar-refractivity contribution in [1.29, 1.82) is 0 Å². The molecule has 0 radical (unpaired) electrons. The van der Waals surface area contributed by atoms with Gasteiger partial charge in [0, 0.05) is 29.6 Å². The lowest BCUT2D eigenvalue weighted by atomic mass is 10.1. The second-order valence-electron chi connectivity index (χ2n) is 8.96. The van der Waals surface area contributed by atoms with Gasteiger partial charge >= 0.3 is 0 Å². The zero-order chi connectivity index (χ0) is 30.5. The molecule has 220 valence electrons. The van der Waals surface area contributed by atoms with Gasteiger partial charge < -0.3 is 24.8 Å². The lowest BCUT2D eigenvalue weighted by Crippen LogP contribution is -2.22. The van der Waals surface area contributed by atoms with E-state index in [1.165, 1.54) is 39.5 Å². The molecule has 0 saturated carbocycles. The van der Waals surface area contributed by atoms with Gasteiger partial charge in [0.25, 0.3) is 17.2 Å². The highest BCUT2D eigenvalue weighted by molar-refractivity contribution is 7.81. The molecule has 3 N–H and O–H groups in total. The number of nitrogens with one attached hydrogen (secondary N) is 2. The van der Waals surface area contributed by atoms with Crippen molar-refractivity contribution in [2.75, 3.05) is 36.3 Å². The van der Waals surface area contributed by atoms with Crippen LogP contribution < -0.4 is 29.1 Å². The van der Waals surface area contributed by atoms with E-state index >= 15 is 0 Å². The largest absolute Gasteiger partial charge is 0.497 e. The Bertz CT molecular complexity index is 1820. The van der Waals surface area contributed by atoms with Gasteiger partial charge in [-0.15, -0.1) is 0 Å². The number of hydrogen-bond donors (Lipinski definition) is 3. The first-order valence-electron chi connectivity index (χ1n) is 12.7. The minimum Gasteiger partial charge on any atom is -0.497 e. The van der Waals surface area contributed by atoms with Crippen molar-refractivity contribution in [3.63, 3.8) is 0 Å². The minimum atomic E-state index is -2.65. The van der Waals surface area contributed by atoms with Crippen molar-refractivity contribution in [2.24, 2.45) is 0 Å². The van der Waals surface area contributed by atoms with Crippen molar-refractivity contribution < 1.29 is 32.2 Å². The average Bonchev–Trinajstić information content (AvgIpc) is 3.00. The summed E-state index contributed by atoms with van der Waals surface area (Å²) in [5.74, 6) is -0.277. The highest BCUT2D eigenvalue weighted by atomic mass is 32.2. The van der Waals surface area contributed by atoms with E-state index in [4.69, 9.17) is 14.2 Å². The first-order valence-corrected chi connectivity index (χ1v) is 13.8. The summed E-state index contributed by atoms with van der Waals surface area (Å²) in [6.07, 6.45) is 0. The fourth-order valence-electron chi connectivity index (χ4n) is 4.32. The molecule has 1 aromatic heterocycles. The molecule has 5 rings (SSSR count). The molecule has 0 spiro atoms. The number of para-hydroxylation sites is 2. The van der Waals surface area contributed by atoms with Crippen LogP contribution in [0.5, 0.6) is 17.2 Å². The van der Waals surface area contributed by atoms with Crippen molar-refractivity contribution >= 4 is 56.9 Å². The predicted octanol–water partition coefficient (Wildman–Crippen LogP) is 6.07. The van der Waals surface area contributed by atoms with E-state index < -0.39 is 23.0 Å². The molecule has 11 nitrogen and oxygen atoms in total. The van der Waals surface area contributed by atoms with Crippen LogP contribution in [0.15, 0.2) is 84.9 Å². The lowest BCUT2D eigenvalue weighted by molar-refractivity contribution is 0.102.